The minimum Gasteiger partial charge on any atom is -0.378 e. The van der Waals surface area contributed by atoms with Crippen LogP contribution in [-0.2, 0) is 6.42 Å². The summed E-state index contributed by atoms with van der Waals surface area (Å²) in [5.41, 5.74) is 2.84. The number of hydrogen-bond donors (Lipinski definition) is 3. The van der Waals surface area contributed by atoms with Gasteiger partial charge >= 0.3 is 0 Å². The number of hydrogen-bond acceptors (Lipinski definition) is 3. The van der Waals surface area contributed by atoms with Crippen LogP contribution in [0.15, 0.2) is 30.3 Å². The van der Waals surface area contributed by atoms with Crippen molar-refractivity contribution in [2.75, 3.05) is 0 Å². The molecule has 1 aromatic carbocycles. The molecule has 0 atom stereocenters. The fourth-order valence-corrected chi connectivity index (χ4v) is 1.65. The lowest BCUT2D eigenvalue weighted by atomic mass is 9.85. The molecule has 0 saturated carbocycles. The Morgan fingerprint density at radius 3 is 2.20 bits per heavy atom. The van der Waals surface area contributed by atoms with Crippen molar-refractivity contribution < 1.29 is 0 Å². The molecule has 3 rings (SSSR count). The van der Waals surface area contributed by atoms with Gasteiger partial charge in [-0.3, -0.25) is 0 Å². The topological polar surface area (TPSA) is 36.1 Å². The quantitative estimate of drug-likeness (QED) is 0.458. The zero-order valence-corrected chi connectivity index (χ0v) is 8.79. The highest BCUT2D eigenvalue weighted by molar-refractivity contribution is 6.65. The lowest BCUT2D eigenvalue weighted by Gasteiger charge is -2.08. The average molecular weight is 197 g/mol. The summed E-state index contributed by atoms with van der Waals surface area (Å²) in [6, 6.07) is 8.49. The van der Waals surface area contributed by atoms with Gasteiger partial charge in [-0.15, -0.1) is 0 Å². The molecule has 2 aliphatic rings. The zero-order chi connectivity index (χ0) is 10.3. The van der Waals surface area contributed by atoms with Gasteiger partial charge in [-0.2, -0.15) is 0 Å². The second-order valence-corrected chi connectivity index (χ2v) is 3.59. The Morgan fingerprint density at radius 1 is 0.933 bits per heavy atom. The predicted octanol–water partition coefficient (Wildman–Crippen LogP) is -1.18. The highest BCUT2D eigenvalue weighted by Crippen LogP contribution is 2.17. The van der Waals surface area contributed by atoms with Gasteiger partial charge in [-0.05, 0) is 17.5 Å². The van der Waals surface area contributed by atoms with Crippen LogP contribution in [0.2, 0.25) is 0 Å². The van der Waals surface area contributed by atoms with E-state index in [2.05, 4.69) is 51.8 Å². The van der Waals surface area contributed by atoms with Crippen molar-refractivity contribution in [3.63, 3.8) is 0 Å². The van der Waals surface area contributed by atoms with Crippen LogP contribution in [0.3, 0.4) is 0 Å². The minimum absolute atomic E-state index is 0.938. The smallest absolute Gasteiger partial charge is 0.265 e. The maximum atomic E-state index is 3.06. The average Bonchev–Trinajstić information content (AvgIpc) is 2.80. The molecule has 0 unspecified atom stereocenters. The number of benzene rings is 1. The fourth-order valence-electron chi connectivity index (χ4n) is 1.65. The molecule has 1 aromatic rings. The van der Waals surface area contributed by atoms with Crippen LogP contribution in [0.4, 0.5) is 0 Å². The molecule has 3 N–H and O–H groups in total. The van der Waals surface area contributed by atoms with E-state index in [-0.39, 0.29) is 0 Å². The first-order chi connectivity index (χ1) is 7.47. The summed E-state index contributed by atoms with van der Waals surface area (Å²) < 4.78 is 0. The van der Waals surface area contributed by atoms with Crippen molar-refractivity contribution in [3.05, 3.63) is 41.5 Å². The monoisotopic (exact) mass is 197 g/mol. The first kappa shape index (κ1) is 10.5. The molecule has 0 radical (unpaired) electrons. The molecule has 0 bridgehead atoms. The van der Waals surface area contributed by atoms with Crippen LogP contribution in [0, 0.1) is 0 Å². The molecule has 1 saturated heterocycles. The first-order valence-electron chi connectivity index (χ1n) is 5.33. The van der Waals surface area contributed by atoms with Crippen molar-refractivity contribution in [1.29, 1.82) is 0 Å². The second kappa shape index (κ2) is 5.80. The van der Waals surface area contributed by atoms with Crippen LogP contribution in [0.1, 0.15) is 11.1 Å². The standard InChI is InChI=1S/C9H8.B3H6N3/c1-2-5-9-7-3-6-8(9)4-1;1-4-2-6-3-5-1/h1-6H,7H2;1-6H. The van der Waals surface area contributed by atoms with E-state index < -0.39 is 0 Å². The van der Waals surface area contributed by atoms with Crippen LogP contribution < -0.4 is 15.4 Å². The molecule has 1 aliphatic carbocycles. The summed E-state index contributed by atoms with van der Waals surface area (Å²) in [5.74, 6) is 0. The van der Waals surface area contributed by atoms with E-state index in [1.807, 2.05) is 0 Å². The van der Waals surface area contributed by atoms with Gasteiger partial charge in [0.1, 0.15) is 0 Å². The number of nitrogens with one attached hydrogen (secondary N) is 3. The van der Waals surface area contributed by atoms with Crippen LogP contribution in [-0.4, -0.2) is 22.6 Å². The Kier molecular flexibility index (Phi) is 4.08. The van der Waals surface area contributed by atoms with E-state index in [1.165, 1.54) is 11.1 Å². The Labute approximate surface area is 92.6 Å². The SMILES string of the molecule is B1NBNBN1.C1=Cc2ccccc2C1. The van der Waals surface area contributed by atoms with Crippen molar-refractivity contribution in [2.24, 2.45) is 0 Å². The Morgan fingerprint density at radius 2 is 1.60 bits per heavy atom. The van der Waals surface area contributed by atoms with E-state index in [0.717, 1.165) is 29.1 Å². The van der Waals surface area contributed by atoms with Crippen LogP contribution in [0.25, 0.3) is 6.08 Å². The largest absolute Gasteiger partial charge is 0.378 e. The van der Waals surface area contributed by atoms with Crippen molar-refractivity contribution in [3.8, 4) is 0 Å². The molecule has 0 amide bonds. The molecular formula is C9H14B3N3. The summed E-state index contributed by atoms with van der Waals surface area (Å²) >= 11 is 0. The third-order valence-corrected chi connectivity index (χ3v) is 2.44. The maximum absolute atomic E-state index is 3.06. The van der Waals surface area contributed by atoms with Gasteiger partial charge in [-0.1, -0.05) is 36.4 Å². The minimum atomic E-state index is 0.938. The lowest BCUT2D eigenvalue weighted by molar-refractivity contribution is 1.28. The summed E-state index contributed by atoms with van der Waals surface area (Å²) in [4.78, 5) is 0. The molecule has 3 nitrogen and oxygen atoms in total. The second-order valence-electron chi connectivity index (χ2n) is 3.59. The summed E-state index contributed by atoms with van der Waals surface area (Å²) in [6.07, 6.45) is 5.50. The zero-order valence-electron chi connectivity index (χ0n) is 8.79. The van der Waals surface area contributed by atoms with E-state index in [0.29, 0.717) is 0 Å². The molecule has 0 spiro atoms. The van der Waals surface area contributed by atoms with Crippen molar-refractivity contribution >= 4 is 28.7 Å². The molecule has 1 fully saturated rings. The first-order valence-corrected chi connectivity index (χ1v) is 5.33. The Bertz CT molecular complexity index is 328. The molecule has 15 heavy (non-hydrogen) atoms. The highest BCUT2D eigenvalue weighted by Gasteiger charge is 2.00. The molecule has 6 heteroatoms. The maximum Gasteiger partial charge on any atom is 0.265 e. The molecule has 1 aliphatic heterocycles. The van der Waals surface area contributed by atoms with Gasteiger partial charge in [0, 0.05) is 0 Å². The van der Waals surface area contributed by atoms with E-state index in [1.54, 1.807) is 0 Å². The van der Waals surface area contributed by atoms with E-state index >= 15 is 0 Å². The Balaban J connectivity index is 0.000000124. The number of allylic oxidation sites excluding steroid dienone is 1. The van der Waals surface area contributed by atoms with Gasteiger partial charge in [0.2, 0.25) is 0 Å². The van der Waals surface area contributed by atoms with Crippen molar-refractivity contribution in [2.45, 2.75) is 6.42 Å². The molecular weight excluding hydrogens is 183 g/mol. The highest BCUT2D eigenvalue weighted by atomic mass is 15.0. The summed E-state index contributed by atoms with van der Waals surface area (Å²) in [7, 11) is 2.81. The van der Waals surface area contributed by atoms with Gasteiger partial charge in [0.25, 0.3) is 22.6 Å². The van der Waals surface area contributed by atoms with Crippen LogP contribution in [0.5, 0.6) is 0 Å². The van der Waals surface area contributed by atoms with Gasteiger partial charge in [0.15, 0.2) is 0 Å². The molecule has 74 valence electrons. The summed E-state index contributed by atoms with van der Waals surface area (Å²) in [5, 5.41) is 9.19. The normalized spacial score (nSPS) is 16.3. The Hall–Kier alpha value is -0.965. The summed E-state index contributed by atoms with van der Waals surface area (Å²) in [6.45, 7) is 0. The number of rotatable bonds is 0. The molecule has 0 aromatic heterocycles. The molecule has 1 heterocycles. The van der Waals surface area contributed by atoms with E-state index in [4.69, 9.17) is 0 Å². The van der Waals surface area contributed by atoms with Gasteiger partial charge < -0.3 is 15.4 Å². The van der Waals surface area contributed by atoms with Crippen molar-refractivity contribution in [1.82, 2.24) is 15.4 Å². The number of fused-ring (bicyclic) bond motifs is 1. The fraction of sp³-hybridized carbons (Fsp3) is 0.111. The lowest BCUT2D eigenvalue weighted by Crippen LogP contribution is -2.55. The van der Waals surface area contributed by atoms with E-state index in [9.17, 15) is 0 Å². The predicted molar refractivity (Wildman–Crippen MR) is 70.0 cm³/mol. The third kappa shape index (κ3) is 3.27. The van der Waals surface area contributed by atoms with Gasteiger partial charge in [-0.25, -0.2) is 0 Å². The van der Waals surface area contributed by atoms with Crippen LogP contribution >= 0.6 is 0 Å². The third-order valence-electron chi connectivity index (χ3n) is 2.44. The van der Waals surface area contributed by atoms with Gasteiger partial charge in [0.05, 0.1) is 0 Å².